The van der Waals surface area contributed by atoms with Gasteiger partial charge in [-0.1, -0.05) is 78.9 Å². The normalized spacial score (nSPS) is 11.2. The van der Waals surface area contributed by atoms with Gasteiger partial charge in [0, 0.05) is 16.5 Å². The minimum atomic E-state index is 0.486. The Morgan fingerprint density at radius 3 is 2.47 bits per heavy atom. The van der Waals surface area contributed by atoms with Crippen LogP contribution < -0.4 is 10.2 Å². The fourth-order valence-corrected chi connectivity index (χ4v) is 3.50. The topological polar surface area (TPSA) is 46.5 Å². The molecule has 0 saturated carbocycles. The molecule has 3 aromatic carbocycles. The summed E-state index contributed by atoms with van der Waals surface area (Å²) in [6.07, 6.45) is 5.80. The number of hydrogen-bond acceptors (Lipinski definition) is 5. The van der Waals surface area contributed by atoms with Crippen LogP contribution in [0.3, 0.4) is 0 Å². The fourth-order valence-electron chi connectivity index (χ4n) is 2.83. The number of para-hydroxylation sites is 1. The molecular formula is C25H21N3OS. The van der Waals surface area contributed by atoms with Gasteiger partial charge in [0.2, 0.25) is 5.13 Å². The van der Waals surface area contributed by atoms with Crippen molar-refractivity contribution in [2.24, 2.45) is 5.10 Å². The molecule has 0 aliphatic carbocycles. The molecule has 0 spiro atoms. The van der Waals surface area contributed by atoms with Gasteiger partial charge in [0.15, 0.2) is 0 Å². The second-order valence-corrected chi connectivity index (χ2v) is 7.29. The standard InChI is InChI=1S/C25H21N3OS/c1-3-10-20(11-4-1)12-9-17-29-24-16-8-7-15-22(24)18-26-28-25-27-23(19-30-25)21-13-5-2-6-14-21/h1-16,18-19H,17H2,(H,27,28). The molecule has 4 nitrogen and oxygen atoms in total. The molecule has 0 aliphatic rings. The number of thiazole rings is 1. The second-order valence-electron chi connectivity index (χ2n) is 6.44. The van der Waals surface area contributed by atoms with E-state index in [2.05, 4.69) is 27.6 Å². The Balaban J connectivity index is 1.35. The first-order chi connectivity index (χ1) is 14.9. The summed E-state index contributed by atoms with van der Waals surface area (Å²) in [5, 5.41) is 7.09. The van der Waals surface area contributed by atoms with Crippen molar-refractivity contribution in [2.75, 3.05) is 12.0 Å². The van der Waals surface area contributed by atoms with Crippen molar-refractivity contribution in [3.05, 3.63) is 108 Å². The first-order valence-corrected chi connectivity index (χ1v) is 10.5. The van der Waals surface area contributed by atoms with Crippen LogP contribution >= 0.6 is 11.3 Å². The van der Waals surface area contributed by atoms with Crippen LogP contribution in [0.5, 0.6) is 5.75 Å². The van der Waals surface area contributed by atoms with E-state index in [4.69, 9.17) is 4.74 Å². The molecule has 1 heterocycles. The Kier molecular flexibility index (Phi) is 6.66. The zero-order chi connectivity index (χ0) is 20.4. The summed E-state index contributed by atoms with van der Waals surface area (Å²) in [5.41, 5.74) is 7.09. The predicted molar refractivity (Wildman–Crippen MR) is 126 cm³/mol. The Labute approximate surface area is 180 Å². The maximum absolute atomic E-state index is 5.90. The van der Waals surface area contributed by atoms with E-state index in [1.807, 2.05) is 90.3 Å². The molecule has 30 heavy (non-hydrogen) atoms. The Morgan fingerprint density at radius 1 is 0.900 bits per heavy atom. The lowest BCUT2D eigenvalue weighted by Gasteiger charge is -2.06. The number of benzene rings is 3. The number of hydrogen-bond donors (Lipinski definition) is 1. The predicted octanol–water partition coefficient (Wildman–Crippen LogP) is 6.35. The molecule has 0 radical (unpaired) electrons. The molecule has 5 heteroatoms. The summed E-state index contributed by atoms with van der Waals surface area (Å²) in [7, 11) is 0. The van der Waals surface area contributed by atoms with Crippen LogP contribution in [0.4, 0.5) is 5.13 Å². The van der Waals surface area contributed by atoms with Gasteiger partial charge in [-0.25, -0.2) is 4.98 Å². The van der Waals surface area contributed by atoms with Crippen molar-refractivity contribution in [1.29, 1.82) is 0 Å². The number of aromatic nitrogens is 1. The third kappa shape index (κ3) is 5.43. The highest BCUT2D eigenvalue weighted by atomic mass is 32.1. The van der Waals surface area contributed by atoms with Crippen LogP contribution in [-0.2, 0) is 0 Å². The zero-order valence-corrected chi connectivity index (χ0v) is 17.1. The van der Waals surface area contributed by atoms with Crippen LogP contribution in [0, 0.1) is 0 Å². The maximum Gasteiger partial charge on any atom is 0.203 e. The van der Waals surface area contributed by atoms with E-state index in [1.54, 1.807) is 6.21 Å². The quantitative estimate of drug-likeness (QED) is 0.271. The van der Waals surface area contributed by atoms with Crippen LogP contribution in [-0.4, -0.2) is 17.8 Å². The lowest BCUT2D eigenvalue weighted by Crippen LogP contribution is -1.98. The van der Waals surface area contributed by atoms with Crippen molar-refractivity contribution in [2.45, 2.75) is 0 Å². The third-order valence-corrected chi connectivity index (χ3v) is 5.05. The van der Waals surface area contributed by atoms with E-state index in [-0.39, 0.29) is 0 Å². The number of anilines is 1. The van der Waals surface area contributed by atoms with Gasteiger partial charge in [0.1, 0.15) is 12.4 Å². The number of nitrogens with one attached hydrogen (secondary N) is 1. The molecule has 0 amide bonds. The van der Waals surface area contributed by atoms with Gasteiger partial charge >= 0.3 is 0 Å². The summed E-state index contributed by atoms with van der Waals surface area (Å²) in [4.78, 5) is 4.58. The van der Waals surface area contributed by atoms with Gasteiger partial charge in [-0.2, -0.15) is 5.10 Å². The van der Waals surface area contributed by atoms with Gasteiger partial charge in [-0.3, -0.25) is 5.43 Å². The highest BCUT2D eigenvalue weighted by Crippen LogP contribution is 2.24. The monoisotopic (exact) mass is 411 g/mol. The van der Waals surface area contributed by atoms with E-state index in [9.17, 15) is 0 Å². The van der Waals surface area contributed by atoms with Gasteiger partial charge < -0.3 is 4.74 Å². The van der Waals surface area contributed by atoms with E-state index in [0.717, 1.165) is 33.3 Å². The minimum absolute atomic E-state index is 0.486. The van der Waals surface area contributed by atoms with E-state index < -0.39 is 0 Å². The SMILES string of the molecule is C(=Cc1ccccc1)COc1ccccc1C=NNc1nc(-c2ccccc2)cs1. The molecule has 0 fully saturated rings. The third-order valence-electron chi connectivity index (χ3n) is 4.30. The molecule has 0 saturated heterocycles. The lowest BCUT2D eigenvalue weighted by atomic mass is 10.2. The Bertz CT molecular complexity index is 1120. The summed E-state index contributed by atoms with van der Waals surface area (Å²) in [6.45, 7) is 0.486. The summed E-state index contributed by atoms with van der Waals surface area (Å²) < 4.78 is 5.90. The number of nitrogens with zero attached hydrogens (tertiary/aromatic N) is 2. The van der Waals surface area contributed by atoms with Crippen LogP contribution in [0.25, 0.3) is 17.3 Å². The highest BCUT2D eigenvalue weighted by Gasteiger charge is 2.03. The first kappa shape index (κ1) is 19.6. The van der Waals surface area contributed by atoms with Crippen LogP contribution in [0.2, 0.25) is 0 Å². The molecule has 0 aliphatic heterocycles. The van der Waals surface area contributed by atoms with Crippen LogP contribution in [0.1, 0.15) is 11.1 Å². The van der Waals surface area contributed by atoms with Gasteiger partial charge in [-0.15, -0.1) is 11.3 Å². The first-order valence-electron chi connectivity index (χ1n) is 9.62. The number of hydrazone groups is 1. The Morgan fingerprint density at radius 2 is 1.63 bits per heavy atom. The fraction of sp³-hybridized carbons (Fsp3) is 0.0400. The number of rotatable bonds is 8. The molecule has 0 atom stereocenters. The molecule has 4 rings (SSSR count). The lowest BCUT2D eigenvalue weighted by molar-refractivity contribution is 0.363. The summed E-state index contributed by atoms with van der Waals surface area (Å²) in [5.74, 6) is 0.782. The largest absolute Gasteiger partial charge is 0.489 e. The molecule has 4 aromatic rings. The smallest absolute Gasteiger partial charge is 0.203 e. The van der Waals surface area contributed by atoms with Gasteiger partial charge in [-0.05, 0) is 23.8 Å². The molecule has 0 bridgehead atoms. The highest BCUT2D eigenvalue weighted by molar-refractivity contribution is 7.14. The Hall–Kier alpha value is -3.70. The summed E-state index contributed by atoms with van der Waals surface area (Å²) >= 11 is 1.52. The van der Waals surface area contributed by atoms with E-state index >= 15 is 0 Å². The van der Waals surface area contributed by atoms with Gasteiger partial charge in [0.25, 0.3) is 0 Å². The molecule has 1 N–H and O–H groups in total. The summed E-state index contributed by atoms with van der Waals surface area (Å²) in [6, 6.07) is 28.1. The second kappa shape index (κ2) is 10.2. The van der Waals surface area contributed by atoms with Crippen molar-refractivity contribution < 1.29 is 4.74 Å². The van der Waals surface area contributed by atoms with E-state index in [1.165, 1.54) is 11.3 Å². The molecule has 0 unspecified atom stereocenters. The molecule has 148 valence electrons. The minimum Gasteiger partial charge on any atom is -0.489 e. The maximum atomic E-state index is 5.90. The molecular weight excluding hydrogens is 390 g/mol. The average molecular weight is 412 g/mol. The molecule has 1 aromatic heterocycles. The van der Waals surface area contributed by atoms with Crippen LogP contribution in [0.15, 0.2) is 101 Å². The van der Waals surface area contributed by atoms with Crippen molar-refractivity contribution in [3.8, 4) is 17.0 Å². The zero-order valence-electron chi connectivity index (χ0n) is 16.3. The average Bonchev–Trinajstić information content (AvgIpc) is 3.28. The number of ether oxygens (including phenoxy) is 1. The van der Waals surface area contributed by atoms with E-state index in [0.29, 0.717) is 6.61 Å². The van der Waals surface area contributed by atoms with Crippen molar-refractivity contribution in [3.63, 3.8) is 0 Å². The van der Waals surface area contributed by atoms with Gasteiger partial charge in [0.05, 0.1) is 11.9 Å². The van der Waals surface area contributed by atoms with Crippen molar-refractivity contribution >= 4 is 28.8 Å². The van der Waals surface area contributed by atoms with Crippen molar-refractivity contribution in [1.82, 2.24) is 4.98 Å².